The van der Waals surface area contributed by atoms with Crippen molar-refractivity contribution in [1.29, 1.82) is 0 Å². The molecule has 0 spiro atoms. The first-order valence-corrected chi connectivity index (χ1v) is 6.00. The van der Waals surface area contributed by atoms with E-state index in [0.29, 0.717) is 12.0 Å². The number of rotatable bonds is 2. The van der Waals surface area contributed by atoms with Gasteiger partial charge in [0.25, 0.3) is 5.56 Å². The fourth-order valence-corrected chi connectivity index (χ4v) is 2.47. The molecule has 100 valence electrons. The molecular formula is C11H15ClN2O4. The topological polar surface area (TPSA) is 84.3 Å². The second kappa shape index (κ2) is 4.53. The number of nitrogens with zero attached hydrogens (tertiary/aromatic N) is 1. The van der Waals surface area contributed by atoms with Crippen LogP contribution in [0.25, 0.3) is 0 Å². The molecule has 1 aromatic rings. The molecule has 2 heterocycles. The maximum absolute atomic E-state index is 11.8. The molecule has 1 aliphatic heterocycles. The second-order valence-corrected chi connectivity index (χ2v) is 5.62. The summed E-state index contributed by atoms with van der Waals surface area (Å²) in [5, 5.41) is 9.10. The SMILES string of the molecule is Cc1cn(C2OC(CO)CC2(C)Cl)c(=O)[nH]c1=O. The minimum atomic E-state index is -0.804. The summed E-state index contributed by atoms with van der Waals surface area (Å²) in [7, 11) is 0. The lowest BCUT2D eigenvalue weighted by Gasteiger charge is -2.24. The van der Waals surface area contributed by atoms with Crippen molar-refractivity contribution in [3.05, 3.63) is 32.6 Å². The van der Waals surface area contributed by atoms with Gasteiger partial charge in [-0.1, -0.05) is 0 Å². The fraction of sp³-hybridized carbons (Fsp3) is 0.636. The zero-order valence-electron chi connectivity index (χ0n) is 10.1. The molecule has 3 atom stereocenters. The van der Waals surface area contributed by atoms with E-state index in [9.17, 15) is 9.59 Å². The van der Waals surface area contributed by atoms with Gasteiger partial charge in [-0.2, -0.15) is 0 Å². The predicted molar refractivity (Wildman–Crippen MR) is 65.9 cm³/mol. The van der Waals surface area contributed by atoms with Crippen LogP contribution in [0.3, 0.4) is 0 Å². The van der Waals surface area contributed by atoms with Gasteiger partial charge in [-0.25, -0.2) is 4.79 Å². The van der Waals surface area contributed by atoms with Gasteiger partial charge in [0.15, 0.2) is 6.23 Å². The fourth-order valence-electron chi connectivity index (χ4n) is 2.14. The molecule has 0 saturated carbocycles. The molecule has 1 fully saturated rings. The molecular weight excluding hydrogens is 260 g/mol. The summed E-state index contributed by atoms with van der Waals surface area (Å²) in [6, 6.07) is 0. The highest BCUT2D eigenvalue weighted by atomic mass is 35.5. The van der Waals surface area contributed by atoms with Gasteiger partial charge < -0.3 is 9.84 Å². The van der Waals surface area contributed by atoms with Gasteiger partial charge >= 0.3 is 5.69 Å². The van der Waals surface area contributed by atoms with E-state index in [4.69, 9.17) is 21.4 Å². The molecule has 0 aromatic carbocycles. The van der Waals surface area contributed by atoms with Crippen molar-refractivity contribution < 1.29 is 9.84 Å². The standard InChI is InChI=1S/C11H15ClN2O4/c1-6-4-14(10(17)13-8(6)16)9-11(2,12)3-7(5-15)18-9/h4,7,9,15H,3,5H2,1-2H3,(H,13,16,17). The van der Waals surface area contributed by atoms with Crippen molar-refractivity contribution >= 4 is 11.6 Å². The second-order valence-electron chi connectivity index (χ2n) is 4.75. The number of alkyl halides is 1. The first-order valence-electron chi connectivity index (χ1n) is 5.62. The molecule has 0 radical (unpaired) electrons. The maximum Gasteiger partial charge on any atom is 0.330 e. The summed E-state index contributed by atoms with van der Waals surface area (Å²) in [6.07, 6.45) is 0.739. The third-order valence-electron chi connectivity index (χ3n) is 3.07. The lowest BCUT2D eigenvalue weighted by Crippen LogP contribution is -2.38. The van der Waals surface area contributed by atoms with Crippen LogP contribution in [-0.2, 0) is 4.74 Å². The molecule has 18 heavy (non-hydrogen) atoms. The Morgan fingerprint density at radius 1 is 1.67 bits per heavy atom. The lowest BCUT2D eigenvalue weighted by molar-refractivity contribution is -0.0306. The first-order chi connectivity index (χ1) is 8.35. The Balaban J connectivity index is 2.46. The number of aromatic nitrogens is 2. The molecule has 0 aliphatic carbocycles. The molecule has 2 N–H and O–H groups in total. The minimum absolute atomic E-state index is 0.157. The molecule has 0 bridgehead atoms. The smallest absolute Gasteiger partial charge is 0.330 e. The van der Waals surface area contributed by atoms with Crippen molar-refractivity contribution in [2.45, 2.75) is 37.5 Å². The van der Waals surface area contributed by atoms with Crippen LogP contribution in [0, 0.1) is 6.92 Å². The third kappa shape index (κ3) is 2.23. The van der Waals surface area contributed by atoms with E-state index >= 15 is 0 Å². The minimum Gasteiger partial charge on any atom is -0.394 e. The highest BCUT2D eigenvalue weighted by molar-refractivity contribution is 6.24. The largest absolute Gasteiger partial charge is 0.394 e. The van der Waals surface area contributed by atoms with Gasteiger partial charge in [-0.15, -0.1) is 11.6 Å². The van der Waals surface area contributed by atoms with Crippen molar-refractivity contribution in [2.24, 2.45) is 0 Å². The van der Waals surface area contributed by atoms with Crippen LogP contribution < -0.4 is 11.2 Å². The number of halogens is 1. The quantitative estimate of drug-likeness (QED) is 0.751. The van der Waals surface area contributed by atoms with Gasteiger partial charge in [-0.05, 0) is 20.3 Å². The van der Waals surface area contributed by atoms with Crippen LogP contribution >= 0.6 is 11.6 Å². The van der Waals surface area contributed by atoms with Gasteiger partial charge in [0.2, 0.25) is 0 Å². The van der Waals surface area contributed by atoms with Crippen LogP contribution in [0.2, 0.25) is 0 Å². The van der Waals surface area contributed by atoms with Gasteiger partial charge in [0.1, 0.15) is 0 Å². The molecule has 1 saturated heterocycles. The molecule has 6 nitrogen and oxygen atoms in total. The summed E-state index contributed by atoms with van der Waals surface area (Å²) < 4.78 is 6.81. The summed E-state index contributed by atoms with van der Waals surface area (Å²) in [5.74, 6) is 0. The van der Waals surface area contributed by atoms with E-state index in [1.807, 2.05) is 0 Å². The van der Waals surface area contributed by atoms with E-state index < -0.39 is 28.5 Å². The number of aliphatic hydroxyl groups excluding tert-OH is 1. The summed E-state index contributed by atoms with van der Waals surface area (Å²) >= 11 is 6.32. The number of nitrogens with one attached hydrogen (secondary N) is 1. The Labute approximate surface area is 108 Å². The normalized spacial score (nSPS) is 31.8. The van der Waals surface area contributed by atoms with Gasteiger partial charge in [0.05, 0.1) is 17.6 Å². The Bertz CT molecular complexity index is 563. The predicted octanol–water partition coefficient (Wildman–Crippen LogP) is 0.122. The zero-order valence-corrected chi connectivity index (χ0v) is 10.9. The van der Waals surface area contributed by atoms with Crippen LogP contribution in [0.15, 0.2) is 15.8 Å². The average molecular weight is 275 g/mol. The van der Waals surface area contributed by atoms with E-state index in [2.05, 4.69) is 4.98 Å². The molecule has 7 heteroatoms. The number of H-pyrrole nitrogens is 1. The van der Waals surface area contributed by atoms with Crippen LogP contribution in [0.1, 0.15) is 25.1 Å². The zero-order chi connectivity index (χ0) is 13.5. The molecule has 2 rings (SSSR count). The lowest BCUT2D eigenvalue weighted by atomic mass is 10.1. The number of ether oxygens (including phenoxy) is 1. The number of aliphatic hydroxyl groups is 1. The molecule has 1 aromatic heterocycles. The van der Waals surface area contributed by atoms with Crippen LogP contribution in [0.5, 0.6) is 0 Å². The molecule has 1 aliphatic rings. The Morgan fingerprint density at radius 3 is 2.89 bits per heavy atom. The average Bonchev–Trinajstić information content (AvgIpc) is 2.59. The number of aromatic amines is 1. The number of hydrogen-bond donors (Lipinski definition) is 2. The van der Waals surface area contributed by atoms with Crippen molar-refractivity contribution in [1.82, 2.24) is 9.55 Å². The van der Waals surface area contributed by atoms with Crippen LogP contribution in [-0.4, -0.2) is 32.2 Å². The van der Waals surface area contributed by atoms with Crippen LogP contribution in [0.4, 0.5) is 0 Å². The third-order valence-corrected chi connectivity index (χ3v) is 3.41. The first kappa shape index (κ1) is 13.3. The van der Waals surface area contributed by atoms with E-state index in [1.165, 1.54) is 10.8 Å². The van der Waals surface area contributed by atoms with Gasteiger partial charge in [0, 0.05) is 11.8 Å². The Kier molecular flexibility index (Phi) is 3.35. The number of hydrogen-bond acceptors (Lipinski definition) is 4. The molecule has 0 amide bonds. The molecule has 3 unspecified atom stereocenters. The van der Waals surface area contributed by atoms with Crippen molar-refractivity contribution in [2.75, 3.05) is 6.61 Å². The Morgan fingerprint density at radius 2 is 2.33 bits per heavy atom. The highest BCUT2D eigenvalue weighted by Gasteiger charge is 2.45. The van der Waals surface area contributed by atoms with Crippen molar-refractivity contribution in [3.63, 3.8) is 0 Å². The monoisotopic (exact) mass is 274 g/mol. The van der Waals surface area contributed by atoms with E-state index in [1.54, 1.807) is 13.8 Å². The van der Waals surface area contributed by atoms with E-state index in [-0.39, 0.29) is 6.61 Å². The van der Waals surface area contributed by atoms with Crippen molar-refractivity contribution in [3.8, 4) is 0 Å². The summed E-state index contributed by atoms with van der Waals surface area (Å²) in [4.78, 5) is 24.5. The maximum atomic E-state index is 11.8. The Hall–Kier alpha value is -1.11. The summed E-state index contributed by atoms with van der Waals surface area (Å²) in [5.41, 5.74) is -0.594. The summed E-state index contributed by atoms with van der Waals surface area (Å²) in [6.45, 7) is 3.18. The number of aryl methyl sites for hydroxylation is 1. The highest BCUT2D eigenvalue weighted by Crippen LogP contribution is 2.41. The van der Waals surface area contributed by atoms with Gasteiger partial charge in [-0.3, -0.25) is 14.3 Å². The van der Waals surface area contributed by atoms with E-state index in [0.717, 1.165) is 0 Å².